The number of hydrazine groups is 1. The summed E-state index contributed by atoms with van der Waals surface area (Å²) >= 11 is 0. The smallest absolute Gasteiger partial charge is 0.478 e. The number of aliphatic carboxylic acids is 1. The summed E-state index contributed by atoms with van der Waals surface area (Å²) in [5, 5.41) is 17.7. The molecule has 1 aliphatic heterocycles. The molecule has 0 radical (unpaired) electrons. The molecule has 1 heterocycles. The SMILES string of the molecule is CS(=O)(=O)N1CCN(NC(=O)c2cccc(C(=O)O)c2)CC1.O=C(O)C(F)(F)F. The van der Waals surface area contributed by atoms with E-state index < -0.39 is 34.0 Å². The van der Waals surface area contributed by atoms with Crippen molar-refractivity contribution in [3.05, 3.63) is 35.4 Å². The normalized spacial score (nSPS) is 15.7. The number of rotatable bonds is 4. The molecule has 0 saturated carbocycles. The number of hydrogen-bond donors (Lipinski definition) is 3. The van der Waals surface area contributed by atoms with Crippen molar-refractivity contribution in [2.24, 2.45) is 0 Å². The van der Waals surface area contributed by atoms with E-state index in [4.69, 9.17) is 15.0 Å². The van der Waals surface area contributed by atoms with Crippen molar-refractivity contribution < 1.29 is 46.2 Å². The number of hydrogen-bond acceptors (Lipinski definition) is 6. The molecule has 162 valence electrons. The van der Waals surface area contributed by atoms with Crippen LogP contribution in [0.25, 0.3) is 0 Å². The zero-order valence-corrected chi connectivity index (χ0v) is 15.8. The monoisotopic (exact) mass is 441 g/mol. The average Bonchev–Trinajstić information content (AvgIpc) is 2.61. The second-order valence-electron chi connectivity index (χ2n) is 5.78. The van der Waals surface area contributed by atoms with Crippen molar-refractivity contribution >= 4 is 27.9 Å². The van der Waals surface area contributed by atoms with Crippen molar-refractivity contribution in [2.75, 3.05) is 32.4 Å². The molecule has 2 rings (SSSR count). The van der Waals surface area contributed by atoms with Gasteiger partial charge in [-0.15, -0.1) is 0 Å². The van der Waals surface area contributed by atoms with Crippen LogP contribution >= 0.6 is 0 Å². The predicted octanol–water partition coefficient (Wildman–Crippen LogP) is 0.240. The molecule has 0 spiro atoms. The van der Waals surface area contributed by atoms with Crippen LogP contribution in [0.1, 0.15) is 20.7 Å². The van der Waals surface area contributed by atoms with Crippen molar-refractivity contribution in [3.63, 3.8) is 0 Å². The minimum absolute atomic E-state index is 0.0366. The molecule has 1 amide bonds. The van der Waals surface area contributed by atoms with Gasteiger partial charge >= 0.3 is 18.1 Å². The van der Waals surface area contributed by atoms with E-state index in [9.17, 15) is 31.2 Å². The van der Waals surface area contributed by atoms with Crippen LogP contribution in [0, 0.1) is 0 Å². The fraction of sp³-hybridized carbons (Fsp3) is 0.400. The Bertz CT molecular complexity index is 866. The number of halogens is 3. The Labute approximate surface area is 163 Å². The standard InChI is InChI=1S/C13H17N3O5S.C2HF3O2/c1-22(20,21)16-7-5-15(6-8-16)14-12(17)10-3-2-4-11(9-10)13(18)19;3-2(4,5)1(6)7/h2-4,9H,5-8H2,1H3,(H,14,17)(H,18,19);(H,6,7). The fourth-order valence-electron chi connectivity index (χ4n) is 2.13. The lowest BCUT2D eigenvalue weighted by atomic mass is 10.1. The maximum absolute atomic E-state index is 12.1. The van der Waals surface area contributed by atoms with E-state index in [0.29, 0.717) is 26.2 Å². The maximum Gasteiger partial charge on any atom is 0.490 e. The van der Waals surface area contributed by atoms with Gasteiger partial charge in [-0.3, -0.25) is 10.2 Å². The highest BCUT2D eigenvalue weighted by molar-refractivity contribution is 7.88. The van der Waals surface area contributed by atoms with E-state index in [2.05, 4.69) is 5.43 Å². The van der Waals surface area contributed by atoms with Gasteiger partial charge in [0.2, 0.25) is 10.0 Å². The van der Waals surface area contributed by atoms with Crippen LogP contribution in [0.4, 0.5) is 13.2 Å². The van der Waals surface area contributed by atoms with Crippen LogP contribution in [0.5, 0.6) is 0 Å². The first-order valence-corrected chi connectivity index (χ1v) is 9.71. The fourth-order valence-corrected chi connectivity index (χ4v) is 2.96. The molecule has 0 bridgehead atoms. The van der Waals surface area contributed by atoms with Gasteiger partial charge in [0, 0.05) is 31.7 Å². The summed E-state index contributed by atoms with van der Waals surface area (Å²) in [6, 6.07) is 5.73. The molecule has 0 atom stereocenters. The molecule has 1 aromatic rings. The van der Waals surface area contributed by atoms with Crippen LogP contribution in [0.3, 0.4) is 0 Å². The number of piperazine rings is 1. The molecule has 10 nitrogen and oxygen atoms in total. The highest BCUT2D eigenvalue weighted by Gasteiger charge is 2.38. The van der Waals surface area contributed by atoms with Gasteiger partial charge in [-0.25, -0.2) is 23.0 Å². The van der Waals surface area contributed by atoms with E-state index in [1.807, 2.05) is 0 Å². The van der Waals surface area contributed by atoms with E-state index in [1.165, 1.54) is 28.6 Å². The third-order valence-corrected chi connectivity index (χ3v) is 4.88. The average molecular weight is 441 g/mol. The summed E-state index contributed by atoms with van der Waals surface area (Å²) in [6.07, 6.45) is -3.93. The first-order chi connectivity index (χ1) is 13.2. The predicted molar refractivity (Wildman–Crippen MR) is 92.5 cm³/mol. The number of nitrogens with one attached hydrogen (secondary N) is 1. The van der Waals surface area contributed by atoms with Gasteiger partial charge in [0.05, 0.1) is 11.8 Å². The molecule has 0 aromatic heterocycles. The zero-order chi connectivity index (χ0) is 22.4. The molecule has 14 heteroatoms. The van der Waals surface area contributed by atoms with Crippen LogP contribution in [-0.4, -0.2) is 84.4 Å². The number of alkyl halides is 3. The van der Waals surface area contributed by atoms with Gasteiger partial charge in [0.15, 0.2) is 0 Å². The summed E-state index contributed by atoms with van der Waals surface area (Å²) in [6.45, 7) is 1.34. The highest BCUT2D eigenvalue weighted by atomic mass is 32.2. The minimum atomic E-state index is -5.08. The maximum atomic E-state index is 12.1. The number of carboxylic acids is 2. The molecule has 1 fully saturated rings. The number of amides is 1. The molecular weight excluding hydrogens is 423 g/mol. The van der Waals surface area contributed by atoms with Gasteiger partial charge in [0.1, 0.15) is 0 Å². The number of carboxylic acid groups (broad SMARTS) is 2. The summed E-state index contributed by atoms with van der Waals surface area (Å²) in [5.74, 6) is -4.28. The van der Waals surface area contributed by atoms with Gasteiger partial charge < -0.3 is 10.2 Å². The summed E-state index contributed by atoms with van der Waals surface area (Å²) in [7, 11) is -3.22. The molecule has 3 N–H and O–H groups in total. The van der Waals surface area contributed by atoms with Crippen LogP contribution in [0.2, 0.25) is 0 Å². The van der Waals surface area contributed by atoms with Crippen LogP contribution in [-0.2, 0) is 14.8 Å². The Balaban J connectivity index is 0.000000516. The molecular formula is C15H18F3N3O7S. The van der Waals surface area contributed by atoms with Gasteiger partial charge in [-0.1, -0.05) is 6.07 Å². The lowest BCUT2D eigenvalue weighted by Gasteiger charge is -2.33. The number of benzene rings is 1. The minimum Gasteiger partial charge on any atom is -0.478 e. The highest BCUT2D eigenvalue weighted by Crippen LogP contribution is 2.13. The second kappa shape index (κ2) is 9.67. The first-order valence-electron chi connectivity index (χ1n) is 7.86. The van der Waals surface area contributed by atoms with Crippen molar-refractivity contribution in [1.29, 1.82) is 0 Å². The Hall–Kier alpha value is -2.71. The van der Waals surface area contributed by atoms with E-state index in [1.54, 1.807) is 5.01 Å². The molecule has 0 aliphatic carbocycles. The number of aromatic carboxylic acids is 1. The quantitative estimate of drug-likeness (QED) is 0.603. The number of carbonyl (C=O) groups is 3. The third kappa shape index (κ3) is 8.05. The summed E-state index contributed by atoms with van der Waals surface area (Å²) < 4.78 is 55.9. The van der Waals surface area contributed by atoms with E-state index in [-0.39, 0.29) is 11.1 Å². The lowest BCUT2D eigenvalue weighted by Crippen LogP contribution is -2.54. The van der Waals surface area contributed by atoms with Crippen molar-refractivity contribution in [2.45, 2.75) is 6.18 Å². The largest absolute Gasteiger partial charge is 0.490 e. The number of sulfonamides is 1. The first kappa shape index (κ1) is 24.3. The Kier molecular flexibility index (Phi) is 8.11. The summed E-state index contributed by atoms with van der Waals surface area (Å²) in [5.41, 5.74) is 2.93. The topological polar surface area (TPSA) is 144 Å². The van der Waals surface area contributed by atoms with Crippen molar-refractivity contribution in [1.82, 2.24) is 14.7 Å². The van der Waals surface area contributed by atoms with Gasteiger partial charge in [-0.2, -0.15) is 17.5 Å². The van der Waals surface area contributed by atoms with Crippen LogP contribution < -0.4 is 5.43 Å². The number of nitrogens with zero attached hydrogens (tertiary/aromatic N) is 2. The zero-order valence-electron chi connectivity index (χ0n) is 15.0. The molecule has 1 saturated heterocycles. The van der Waals surface area contributed by atoms with Gasteiger partial charge in [-0.05, 0) is 18.2 Å². The molecule has 1 aliphatic rings. The number of carbonyl (C=O) groups excluding carboxylic acids is 1. The van der Waals surface area contributed by atoms with Crippen molar-refractivity contribution in [3.8, 4) is 0 Å². The lowest BCUT2D eigenvalue weighted by molar-refractivity contribution is -0.192. The third-order valence-electron chi connectivity index (χ3n) is 3.58. The van der Waals surface area contributed by atoms with Crippen LogP contribution in [0.15, 0.2) is 24.3 Å². The Morgan fingerprint density at radius 3 is 1.93 bits per heavy atom. The molecule has 0 unspecified atom stereocenters. The van der Waals surface area contributed by atoms with E-state index in [0.717, 1.165) is 6.26 Å². The molecule has 1 aromatic carbocycles. The van der Waals surface area contributed by atoms with Gasteiger partial charge in [0.25, 0.3) is 5.91 Å². The molecule has 29 heavy (non-hydrogen) atoms. The Morgan fingerprint density at radius 2 is 1.52 bits per heavy atom. The second-order valence-corrected chi connectivity index (χ2v) is 7.76. The van der Waals surface area contributed by atoms with E-state index >= 15 is 0 Å². The Morgan fingerprint density at radius 1 is 1.03 bits per heavy atom. The summed E-state index contributed by atoms with van der Waals surface area (Å²) in [4.78, 5) is 31.9.